The molecule has 0 spiro atoms. The Labute approximate surface area is 187 Å². The third-order valence-corrected chi connectivity index (χ3v) is 7.18. The number of hydrogen-bond acceptors (Lipinski definition) is 7. The van der Waals surface area contributed by atoms with Crippen molar-refractivity contribution in [3.05, 3.63) is 53.9 Å². The largest absolute Gasteiger partial charge is 0.361 e. The Morgan fingerprint density at radius 2 is 1.90 bits per heavy atom. The first kappa shape index (κ1) is 20.3. The van der Waals surface area contributed by atoms with Gasteiger partial charge in [-0.3, -0.25) is 4.72 Å². The molecule has 2 heterocycles. The SMILES string of the molecule is Cc1noc(C)c1-c1cc2c(c(SNC3CCCC3)c1)N(C)C(Nc1ccccc1)N2. The second-order valence-electron chi connectivity index (χ2n) is 8.44. The summed E-state index contributed by atoms with van der Waals surface area (Å²) in [4.78, 5) is 3.49. The number of aromatic nitrogens is 1. The summed E-state index contributed by atoms with van der Waals surface area (Å²) >= 11 is 1.75. The van der Waals surface area contributed by atoms with E-state index in [-0.39, 0.29) is 6.29 Å². The number of rotatable bonds is 6. The molecule has 1 aliphatic heterocycles. The van der Waals surface area contributed by atoms with Gasteiger partial charge in [-0.05, 0) is 68.5 Å². The van der Waals surface area contributed by atoms with Crippen molar-refractivity contribution in [1.82, 2.24) is 9.88 Å². The Hall–Kier alpha value is -2.64. The zero-order valence-corrected chi connectivity index (χ0v) is 19.1. The number of para-hydroxylation sites is 1. The van der Waals surface area contributed by atoms with E-state index in [9.17, 15) is 0 Å². The lowest BCUT2D eigenvalue weighted by molar-refractivity contribution is 0.393. The second kappa shape index (κ2) is 8.48. The van der Waals surface area contributed by atoms with Crippen molar-refractivity contribution < 1.29 is 4.52 Å². The van der Waals surface area contributed by atoms with Gasteiger partial charge < -0.3 is 20.1 Å². The molecule has 0 saturated heterocycles. The monoisotopic (exact) mass is 435 g/mol. The zero-order valence-electron chi connectivity index (χ0n) is 18.2. The van der Waals surface area contributed by atoms with Crippen molar-refractivity contribution in [3.63, 3.8) is 0 Å². The Balaban J connectivity index is 1.49. The number of nitrogens with one attached hydrogen (secondary N) is 3. The summed E-state index contributed by atoms with van der Waals surface area (Å²) in [5, 5.41) is 11.4. The van der Waals surface area contributed by atoms with Gasteiger partial charge >= 0.3 is 0 Å². The molecule has 162 valence electrons. The Morgan fingerprint density at radius 1 is 1.13 bits per heavy atom. The Kier molecular flexibility index (Phi) is 5.54. The molecular weight excluding hydrogens is 406 g/mol. The molecule has 1 unspecified atom stereocenters. The molecule has 0 amide bonds. The van der Waals surface area contributed by atoms with Gasteiger partial charge in [0.15, 0.2) is 6.29 Å². The van der Waals surface area contributed by atoms with Gasteiger partial charge in [0.1, 0.15) is 5.76 Å². The van der Waals surface area contributed by atoms with E-state index < -0.39 is 0 Å². The lowest BCUT2D eigenvalue weighted by Gasteiger charge is -2.25. The van der Waals surface area contributed by atoms with E-state index in [1.807, 2.05) is 32.0 Å². The van der Waals surface area contributed by atoms with Crippen molar-refractivity contribution in [3.8, 4) is 11.1 Å². The molecule has 2 aromatic carbocycles. The fraction of sp³-hybridized carbons (Fsp3) is 0.375. The van der Waals surface area contributed by atoms with Crippen LogP contribution in [0.5, 0.6) is 0 Å². The van der Waals surface area contributed by atoms with E-state index >= 15 is 0 Å². The van der Waals surface area contributed by atoms with Crippen LogP contribution in [0, 0.1) is 13.8 Å². The maximum absolute atomic E-state index is 5.46. The average molecular weight is 436 g/mol. The van der Waals surface area contributed by atoms with Crippen LogP contribution in [-0.4, -0.2) is 24.5 Å². The zero-order chi connectivity index (χ0) is 21.4. The Morgan fingerprint density at radius 3 is 2.61 bits per heavy atom. The molecule has 0 bridgehead atoms. The van der Waals surface area contributed by atoms with Gasteiger partial charge in [-0.2, -0.15) is 0 Å². The molecule has 1 fully saturated rings. The average Bonchev–Trinajstić information content (AvgIpc) is 3.48. The van der Waals surface area contributed by atoms with Gasteiger partial charge in [0.05, 0.1) is 17.1 Å². The summed E-state index contributed by atoms with van der Waals surface area (Å²) in [7, 11) is 2.13. The van der Waals surface area contributed by atoms with Crippen LogP contribution < -0.4 is 20.3 Å². The maximum atomic E-state index is 5.46. The number of aryl methyl sites for hydroxylation is 2. The molecule has 3 aromatic rings. The quantitative estimate of drug-likeness (QED) is 0.426. The van der Waals surface area contributed by atoms with Gasteiger partial charge in [-0.15, -0.1) is 0 Å². The van der Waals surface area contributed by atoms with E-state index in [0.717, 1.165) is 34.0 Å². The topological polar surface area (TPSA) is 65.4 Å². The van der Waals surface area contributed by atoms with E-state index in [2.05, 4.69) is 56.7 Å². The fourth-order valence-corrected chi connectivity index (χ4v) is 5.65. The van der Waals surface area contributed by atoms with E-state index in [0.29, 0.717) is 6.04 Å². The predicted molar refractivity (Wildman–Crippen MR) is 129 cm³/mol. The van der Waals surface area contributed by atoms with Crippen LogP contribution in [-0.2, 0) is 0 Å². The highest BCUT2D eigenvalue weighted by molar-refractivity contribution is 7.97. The van der Waals surface area contributed by atoms with Crippen LogP contribution in [0.15, 0.2) is 51.9 Å². The van der Waals surface area contributed by atoms with Crippen LogP contribution in [0.25, 0.3) is 11.1 Å². The van der Waals surface area contributed by atoms with E-state index in [1.165, 1.54) is 36.3 Å². The van der Waals surface area contributed by atoms with E-state index in [1.54, 1.807) is 11.9 Å². The highest BCUT2D eigenvalue weighted by atomic mass is 32.2. The summed E-state index contributed by atoms with van der Waals surface area (Å²) in [5.74, 6) is 0.850. The van der Waals surface area contributed by atoms with Gasteiger partial charge in [0.2, 0.25) is 0 Å². The van der Waals surface area contributed by atoms with Crippen LogP contribution in [0.1, 0.15) is 37.1 Å². The summed E-state index contributed by atoms with van der Waals surface area (Å²) in [6.45, 7) is 3.98. The third kappa shape index (κ3) is 4.00. The van der Waals surface area contributed by atoms with Crippen molar-refractivity contribution in [2.45, 2.75) is 56.8 Å². The first-order valence-corrected chi connectivity index (χ1v) is 11.8. The van der Waals surface area contributed by atoms with Crippen LogP contribution in [0.4, 0.5) is 17.1 Å². The first-order valence-electron chi connectivity index (χ1n) is 10.9. The van der Waals surface area contributed by atoms with Crippen molar-refractivity contribution >= 4 is 29.0 Å². The summed E-state index contributed by atoms with van der Waals surface area (Å²) in [6.07, 6.45) is 5.12. The molecule has 1 aliphatic carbocycles. The van der Waals surface area contributed by atoms with Gasteiger partial charge in [-0.25, -0.2) is 0 Å². The highest BCUT2D eigenvalue weighted by Gasteiger charge is 2.30. The molecular formula is C24H29N5OS. The van der Waals surface area contributed by atoms with Gasteiger partial charge in [-0.1, -0.05) is 36.2 Å². The third-order valence-electron chi connectivity index (χ3n) is 6.20. The maximum Gasteiger partial charge on any atom is 0.176 e. The van der Waals surface area contributed by atoms with Crippen LogP contribution in [0.3, 0.4) is 0 Å². The molecule has 0 radical (unpaired) electrons. The summed E-state index contributed by atoms with van der Waals surface area (Å²) in [6, 6.07) is 15.4. The van der Waals surface area contributed by atoms with Gasteiger partial charge in [0, 0.05) is 29.2 Å². The van der Waals surface area contributed by atoms with Crippen LogP contribution in [0.2, 0.25) is 0 Å². The van der Waals surface area contributed by atoms with Crippen molar-refractivity contribution in [2.75, 3.05) is 22.6 Å². The Bertz CT molecular complexity index is 1040. The molecule has 3 N–H and O–H groups in total. The highest BCUT2D eigenvalue weighted by Crippen LogP contribution is 2.45. The minimum absolute atomic E-state index is 0.0249. The number of hydrogen-bond donors (Lipinski definition) is 3. The minimum Gasteiger partial charge on any atom is -0.361 e. The van der Waals surface area contributed by atoms with E-state index in [4.69, 9.17) is 4.52 Å². The van der Waals surface area contributed by atoms with Gasteiger partial charge in [0.25, 0.3) is 0 Å². The normalized spacial score (nSPS) is 18.3. The molecule has 1 atom stereocenters. The lowest BCUT2D eigenvalue weighted by Crippen LogP contribution is -2.39. The summed E-state index contributed by atoms with van der Waals surface area (Å²) in [5.41, 5.74) is 6.54. The first-order chi connectivity index (χ1) is 15.1. The molecule has 1 aromatic heterocycles. The predicted octanol–water partition coefficient (Wildman–Crippen LogP) is 5.76. The number of fused-ring (bicyclic) bond motifs is 1. The van der Waals surface area contributed by atoms with Crippen molar-refractivity contribution in [1.29, 1.82) is 0 Å². The molecule has 7 heteroatoms. The summed E-state index contributed by atoms with van der Waals surface area (Å²) < 4.78 is 9.17. The number of anilines is 3. The van der Waals surface area contributed by atoms with Crippen LogP contribution >= 0.6 is 11.9 Å². The molecule has 31 heavy (non-hydrogen) atoms. The second-order valence-corrected chi connectivity index (χ2v) is 9.32. The standard InChI is InChI=1S/C24H29N5OS/c1-15-22(16(2)30-27-15)17-13-20-23(21(14-17)31-28-19-11-7-8-12-19)29(3)24(26-20)25-18-9-5-4-6-10-18/h4-6,9-10,13-14,19,24-26,28H,7-8,11-12H2,1-3H3. The lowest BCUT2D eigenvalue weighted by atomic mass is 10.0. The van der Waals surface area contributed by atoms with Crippen molar-refractivity contribution in [2.24, 2.45) is 0 Å². The smallest absolute Gasteiger partial charge is 0.176 e. The molecule has 5 rings (SSSR count). The molecule has 6 nitrogen and oxygen atoms in total. The number of nitrogens with zero attached hydrogens (tertiary/aromatic N) is 2. The molecule has 1 saturated carbocycles. The number of benzene rings is 2. The minimum atomic E-state index is -0.0249. The molecule has 2 aliphatic rings. The fourth-order valence-electron chi connectivity index (χ4n) is 4.59.